The Kier molecular flexibility index (Phi) is 2.95. The van der Waals surface area contributed by atoms with E-state index < -0.39 is 11.9 Å². The lowest BCUT2D eigenvalue weighted by Gasteiger charge is -2.08. The minimum Gasteiger partial charge on any atom is -0.340 e. The van der Waals surface area contributed by atoms with E-state index in [1.807, 2.05) is 0 Å². The Morgan fingerprint density at radius 1 is 1.00 bits per heavy atom. The SMILES string of the molecule is FC(F)(F)c1cc(Nc2ccccn2)ccn1. The van der Waals surface area contributed by atoms with Gasteiger partial charge in [-0.15, -0.1) is 0 Å². The van der Waals surface area contributed by atoms with Gasteiger partial charge in [-0.05, 0) is 24.3 Å². The molecule has 2 aromatic heterocycles. The summed E-state index contributed by atoms with van der Waals surface area (Å²) in [4.78, 5) is 7.22. The normalized spacial score (nSPS) is 11.2. The number of nitrogens with zero attached hydrogens (tertiary/aromatic N) is 2. The molecule has 1 N–H and O–H groups in total. The van der Waals surface area contributed by atoms with Gasteiger partial charge in [-0.25, -0.2) is 4.98 Å². The number of nitrogens with one attached hydrogen (secondary N) is 1. The highest BCUT2D eigenvalue weighted by Crippen LogP contribution is 2.29. The molecule has 0 aromatic carbocycles. The maximum Gasteiger partial charge on any atom is 0.433 e. The first-order valence-corrected chi connectivity index (χ1v) is 4.77. The number of pyridine rings is 2. The summed E-state index contributed by atoms with van der Waals surface area (Å²) in [5.41, 5.74) is -0.635. The van der Waals surface area contributed by atoms with Crippen LogP contribution in [0.15, 0.2) is 42.7 Å². The smallest absolute Gasteiger partial charge is 0.340 e. The van der Waals surface area contributed by atoms with Crippen molar-refractivity contribution in [3.8, 4) is 0 Å². The Balaban J connectivity index is 2.23. The molecule has 2 aromatic rings. The van der Waals surface area contributed by atoms with E-state index in [9.17, 15) is 13.2 Å². The van der Waals surface area contributed by atoms with Gasteiger partial charge in [-0.3, -0.25) is 4.98 Å². The molecule has 3 nitrogen and oxygen atoms in total. The van der Waals surface area contributed by atoms with Gasteiger partial charge in [0.25, 0.3) is 0 Å². The van der Waals surface area contributed by atoms with Crippen molar-refractivity contribution in [3.63, 3.8) is 0 Å². The van der Waals surface area contributed by atoms with E-state index in [4.69, 9.17) is 0 Å². The molecule has 0 amide bonds. The van der Waals surface area contributed by atoms with Crippen LogP contribution in [0, 0.1) is 0 Å². The molecule has 0 spiro atoms. The molecule has 0 saturated heterocycles. The van der Waals surface area contributed by atoms with Crippen LogP contribution in [-0.4, -0.2) is 9.97 Å². The lowest BCUT2D eigenvalue weighted by atomic mass is 10.3. The summed E-state index contributed by atoms with van der Waals surface area (Å²) in [7, 11) is 0. The molecule has 0 fully saturated rings. The molecule has 17 heavy (non-hydrogen) atoms. The molecular formula is C11H8F3N3. The average molecular weight is 239 g/mol. The molecule has 0 bridgehead atoms. The first-order chi connectivity index (χ1) is 8.05. The van der Waals surface area contributed by atoms with E-state index in [2.05, 4.69) is 15.3 Å². The average Bonchev–Trinajstić information content (AvgIpc) is 2.29. The topological polar surface area (TPSA) is 37.8 Å². The van der Waals surface area contributed by atoms with Crippen molar-refractivity contribution in [2.75, 3.05) is 5.32 Å². The largest absolute Gasteiger partial charge is 0.433 e. The summed E-state index contributed by atoms with van der Waals surface area (Å²) in [6.45, 7) is 0. The van der Waals surface area contributed by atoms with Gasteiger partial charge in [-0.1, -0.05) is 6.07 Å². The second-order valence-electron chi connectivity index (χ2n) is 3.27. The standard InChI is InChI=1S/C11H8F3N3/c12-11(13,14)9-7-8(4-6-15-9)17-10-3-1-2-5-16-10/h1-7H,(H,15,16,17). The minimum atomic E-state index is -4.44. The van der Waals surface area contributed by atoms with Crippen molar-refractivity contribution in [1.29, 1.82) is 0 Å². The predicted octanol–water partition coefficient (Wildman–Crippen LogP) is 3.24. The number of alkyl halides is 3. The summed E-state index contributed by atoms with van der Waals surface area (Å²) in [6, 6.07) is 7.51. The highest BCUT2D eigenvalue weighted by atomic mass is 19.4. The summed E-state index contributed by atoms with van der Waals surface area (Å²) in [5.74, 6) is 0.479. The van der Waals surface area contributed by atoms with Crippen molar-refractivity contribution in [2.24, 2.45) is 0 Å². The van der Waals surface area contributed by atoms with Crippen LogP contribution in [0.1, 0.15) is 5.69 Å². The fraction of sp³-hybridized carbons (Fsp3) is 0.0909. The highest BCUT2D eigenvalue weighted by Gasteiger charge is 2.32. The maximum atomic E-state index is 12.4. The first-order valence-electron chi connectivity index (χ1n) is 4.77. The fourth-order valence-corrected chi connectivity index (χ4v) is 1.25. The van der Waals surface area contributed by atoms with E-state index in [1.165, 1.54) is 6.07 Å². The Hall–Kier alpha value is -2.11. The molecule has 2 rings (SSSR count). The summed E-state index contributed by atoms with van der Waals surface area (Å²) in [5, 5.41) is 2.77. The van der Waals surface area contributed by atoms with Gasteiger partial charge in [0.05, 0.1) is 0 Å². The second kappa shape index (κ2) is 4.40. The van der Waals surface area contributed by atoms with Gasteiger partial charge < -0.3 is 5.32 Å². The molecule has 0 aliphatic rings. The van der Waals surface area contributed by atoms with E-state index in [0.29, 0.717) is 11.5 Å². The van der Waals surface area contributed by atoms with E-state index in [-0.39, 0.29) is 0 Å². The van der Waals surface area contributed by atoms with Crippen LogP contribution in [-0.2, 0) is 6.18 Å². The monoisotopic (exact) mass is 239 g/mol. The number of hydrogen-bond donors (Lipinski definition) is 1. The summed E-state index contributed by atoms with van der Waals surface area (Å²) in [6.07, 6.45) is -1.79. The maximum absolute atomic E-state index is 12.4. The van der Waals surface area contributed by atoms with Crippen molar-refractivity contribution in [2.45, 2.75) is 6.18 Å². The van der Waals surface area contributed by atoms with E-state index in [1.54, 1.807) is 24.4 Å². The van der Waals surface area contributed by atoms with Crippen LogP contribution in [0.2, 0.25) is 0 Å². The predicted molar refractivity (Wildman–Crippen MR) is 56.8 cm³/mol. The number of hydrogen-bond acceptors (Lipinski definition) is 3. The minimum absolute atomic E-state index is 0.297. The number of rotatable bonds is 2. The van der Waals surface area contributed by atoms with Gasteiger partial charge >= 0.3 is 6.18 Å². The molecule has 0 unspecified atom stereocenters. The molecule has 88 valence electrons. The van der Waals surface area contributed by atoms with Gasteiger partial charge in [-0.2, -0.15) is 13.2 Å². The molecular weight excluding hydrogens is 231 g/mol. The molecule has 6 heteroatoms. The van der Waals surface area contributed by atoms with Crippen molar-refractivity contribution in [3.05, 3.63) is 48.4 Å². The molecule has 0 aliphatic heterocycles. The van der Waals surface area contributed by atoms with Crippen LogP contribution >= 0.6 is 0 Å². The molecule has 0 atom stereocenters. The molecule has 2 heterocycles. The zero-order valence-electron chi connectivity index (χ0n) is 8.57. The second-order valence-corrected chi connectivity index (χ2v) is 3.27. The summed E-state index contributed by atoms with van der Waals surface area (Å²) < 4.78 is 37.2. The first kappa shape index (κ1) is 11.4. The zero-order valence-corrected chi connectivity index (χ0v) is 8.57. The number of halogens is 3. The van der Waals surface area contributed by atoms with Crippen LogP contribution in [0.3, 0.4) is 0 Å². The Bertz CT molecular complexity index is 497. The van der Waals surface area contributed by atoms with Crippen LogP contribution in [0.25, 0.3) is 0 Å². The van der Waals surface area contributed by atoms with Crippen LogP contribution in [0.4, 0.5) is 24.7 Å². The van der Waals surface area contributed by atoms with Gasteiger partial charge in [0.2, 0.25) is 0 Å². The molecule has 0 aliphatic carbocycles. The van der Waals surface area contributed by atoms with Crippen LogP contribution in [0.5, 0.6) is 0 Å². The van der Waals surface area contributed by atoms with Crippen molar-refractivity contribution in [1.82, 2.24) is 9.97 Å². The number of anilines is 2. The third-order valence-corrected chi connectivity index (χ3v) is 1.99. The van der Waals surface area contributed by atoms with E-state index in [0.717, 1.165) is 12.3 Å². The van der Waals surface area contributed by atoms with Gasteiger partial charge in [0, 0.05) is 18.1 Å². The van der Waals surface area contributed by atoms with Crippen molar-refractivity contribution < 1.29 is 13.2 Å². The fourth-order valence-electron chi connectivity index (χ4n) is 1.25. The zero-order chi connectivity index (χ0) is 12.3. The summed E-state index contributed by atoms with van der Waals surface area (Å²) >= 11 is 0. The van der Waals surface area contributed by atoms with E-state index >= 15 is 0 Å². The third-order valence-electron chi connectivity index (χ3n) is 1.99. The Morgan fingerprint density at radius 3 is 2.47 bits per heavy atom. The van der Waals surface area contributed by atoms with Gasteiger partial charge in [0.15, 0.2) is 0 Å². The Morgan fingerprint density at radius 2 is 1.82 bits per heavy atom. The highest BCUT2D eigenvalue weighted by molar-refractivity contribution is 5.55. The van der Waals surface area contributed by atoms with Gasteiger partial charge in [0.1, 0.15) is 11.5 Å². The molecule has 0 saturated carbocycles. The lowest BCUT2D eigenvalue weighted by Crippen LogP contribution is -2.08. The quantitative estimate of drug-likeness (QED) is 0.874. The third kappa shape index (κ3) is 2.93. The van der Waals surface area contributed by atoms with Crippen LogP contribution < -0.4 is 5.32 Å². The lowest BCUT2D eigenvalue weighted by molar-refractivity contribution is -0.141. The van der Waals surface area contributed by atoms with Crippen molar-refractivity contribution >= 4 is 11.5 Å². The number of aromatic nitrogens is 2. The Labute approximate surface area is 95.3 Å². The molecule has 0 radical (unpaired) electrons.